The van der Waals surface area contributed by atoms with Crippen molar-refractivity contribution >= 4 is 40.6 Å². The van der Waals surface area contributed by atoms with Crippen LogP contribution in [0, 0.1) is 29.6 Å². The average molecular weight is 491 g/mol. The monoisotopic (exact) mass is 490 g/mol. The molecule has 2 amide bonds. The quantitative estimate of drug-likeness (QED) is 0.559. The zero-order chi connectivity index (χ0) is 23.1. The van der Waals surface area contributed by atoms with Crippen molar-refractivity contribution in [2.75, 3.05) is 12.0 Å². The summed E-state index contributed by atoms with van der Waals surface area (Å²) >= 11 is 2.97. The van der Waals surface area contributed by atoms with Crippen molar-refractivity contribution in [3.63, 3.8) is 0 Å². The Morgan fingerprint density at radius 2 is 1.65 bits per heavy atom. The molecule has 1 N–H and O–H groups in total. The number of amides is 2. The molecular weight excluding hydrogens is 468 g/mol. The minimum atomic E-state index is -0.297. The molecule has 8 heteroatoms. The van der Waals surface area contributed by atoms with Gasteiger partial charge in [0, 0.05) is 21.6 Å². The number of nitrogens with one attached hydrogen (secondary N) is 1. The number of thioether (sulfide) groups is 1. The van der Waals surface area contributed by atoms with Crippen LogP contribution in [0.15, 0.2) is 64.4 Å². The Kier molecular flexibility index (Phi) is 4.42. The third kappa shape index (κ3) is 2.61. The van der Waals surface area contributed by atoms with Crippen molar-refractivity contribution in [3.8, 4) is 5.75 Å². The lowest BCUT2D eigenvalue weighted by Gasteiger charge is -2.43. The van der Waals surface area contributed by atoms with E-state index >= 15 is 0 Å². The number of imide groups is 1. The van der Waals surface area contributed by atoms with E-state index in [-0.39, 0.29) is 57.4 Å². The van der Waals surface area contributed by atoms with E-state index in [4.69, 9.17) is 4.74 Å². The van der Waals surface area contributed by atoms with Crippen LogP contribution in [-0.4, -0.2) is 29.2 Å². The Morgan fingerprint density at radius 3 is 2.41 bits per heavy atom. The molecule has 3 aromatic rings. The first kappa shape index (κ1) is 20.5. The first-order valence-corrected chi connectivity index (χ1v) is 13.2. The lowest BCUT2D eigenvalue weighted by atomic mass is 9.68. The number of para-hydroxylation sites is 2. The number of carbonyl (C=O) groups is 2. The van der Waals surface area contributed by atoms with E-state index in [1.54, 1.807) is 18.9 Å². The van der Waals surface area contributed by atoms with E-state index in [2.05, 4.69) is 11.1 Å². The summed E-state index contributed by atoms with van der Waals surface area (Å²) in [5.74, 6) is 0.427. The molecule has 2 saturated carbocycles. The van der Waals surface area contributed by atoms with Crippen molar-refractivity contribution < 1.29 is 14.3 Å². The van der Waals surface area contributed by atoms with Crippen LogP contribution < -0.4 is 14.5 Å². The molecule has 1 saturated heterocycles. The van der Waals surface area contributed by atoms with Crippen LogP contribution in [-0.2, 0) is 9.59 Å². The zero-order valence-electron chi connectivity index (χ0n) is 18.3. The SMILES string of the molecule is COc1ccccc1[C@H]1c2sc(=O)[nH]c2S[C@@H]2[C@H]3C[C@@H]([C@H]4C(=O)N(c5ccccc5)C(=O)[C@@H]34)[C@@H]12. The molecule has 2 aliphatic carbocycles. The molecule has 2 aliphatic heterocycles. The van der Waals surface area contributed by atoms with Gasteiger partial charge in [-0.1, -0.05) is 47.7 Å². The molecule has 1 aromatic heterocycles. The van der Waals surface area contributed by atoms with E-state index in [9.17, 15) is 14.4 Å². The number of rotatable bonds is 3. The predicted molar refractivity (Wildman–Crippen MR) is 130 cm³/mol. The van der Waals surface area contributed by atoms with Gasteiger partial charge in [0.2, 0.25) is 11.8 Å². The minimum absolute atomic E-state index is 0.0361. The normalized spacial score (nSPS) is 33.1. The molecule has 3 fully saturated rings. The molecule has 6 nitrogen and oxygen atoms in total. The van der Waals surface area contributed by atoms with Crippen LogP contribution in [0.3, 0.4) is 0 Å². The van der Waals surface area contributed by atoms with Crippen LogP contribution in [0.25, 0.3) is 0 Å². The topological polar surface area (TPSA) is 79.5 Å². The third-order valence-corrected chi connectivity index (χ3v) is 10.8. The van der Waals surface area contributed by atoms with Crippen LogP contribution in [0.2, 0.25) is 0 Å². The number of ether oxygens (including phenoxy) is 1. The van der Waals surface area contributed by atoms with Crippen molar-refractivity contribution in [1.29, 1.82) is 0 Å². The number of anilines is 1. The number of thiazole rings is 1. The minimum Gasteiger partial charge on any atom is -0.496 e. The Balaban J connectivity index is 1.36. The fourth-order valence-electron chi connectivity index (χ4n) is 7.12. The molecule has 172 valence electrons. The standard InChI is InChI=1S/C26H22N2O4S2/c1-32-16-10-6-5-9-13(16)17-18-14-11-15(21(18)33-23-22(17)34-26(31)27-23)20-19(14)24(29)28(25(20)30)12-7-3-2-4-8-12/h2-10,14-15,17-21H,11H2,1H3,(H,27,31)/t14-,15+,17-,18+,19-,20+,21-/m1/s1. The maximum atomic E-state index is 13.7. The van der Waals surface area contributed by atoms with Crippen LogP contribution in [0.1, 0.15) is 22.8 Å². The number of fused-ring (bicyclic) bond motifs is 9. The van der Waals surface area contributed by atoms with Gasteiger partial charge >= 0.3 is 4.87 Å². The highest BCUT2D eigenvalue weighted by molar-refractivity contribution is 8.00. The highest BCUT2D eigenvalue weighted by Gasteiger charge is 2.69. The van der Waals surface area contributed by atoms with Crippen molar-refractivity contribution in [1.82, 2.24) is 4.98 Å². The van der Waals surface area contributed by atoms with Crippen molar-refractivity contribution in [3.05, 3.63) is 74.7 Å². The number of H-pyrrole nitrogens is 1. The number of hydrogen-bond acceptors (Lipinski definition) is 6. The molecule has 0 unspecified atom stereocenters. The number of aromatic amines is 1. The van der Waals surface area contributed by atoms with Crippen LogP contribution in [0.4, 0.5) is 5.69 Å². The molecule has 0 radical (unpaired) electrons. The number of aromatic nitrogens is 1. The number of nitrogens with zero attached hydrogens (tertiary/aromatic N) is 1. The summed E-state index contributed by atoms with van der Waals surface area (Å²) in [5, 5.41) is 1.08. The first-order chi connectivity index (χ1) is 16.6. The van der Waals surface area contributed by atoms with Gasteiger partial charge in [-0.05, 0) is 42.4 Å². The summed E-state index contributed by atoms with van der Waals surface area (Å²) in [6.45, 7) is 0. The second-order valence-electron chi connectivity index (χ2n) is 9.55. The summed E-state index contributed by atoms with van der Waals surface area (Å²) in [4.78, 5) is 45.1. The van der Waals surface area contributed by atoms with E-state index in [0.29, 0.717) is 5.69 Å². The molecule has 7 atom stereocenters. The van der Waals surface area contributed by atoms with Gasteiger partial charge in [0.05, 0.1) is 29.7 Å². The van der Waals surface area contributed by atoms with E-state index in [0.717, 1.165) is 27.6 Å². The van der Waals surface area contributed by atoms with Gasteiger partial charge in [-0.25, -0.2) is 0 Å². The summed E-state index contributed by atoms with van der Waals surface area (Å²) in [6.07, 6.45) is 0.878. The number of methoxy groups -OCH3 is 1. The Hall–Kier alpha value is -2.84. The van der Waals surface area contributed by atoms with E-state index < -0.39 is 0 Å². The highest BCUT2D eigenvalue weighted by Crippen LogP contribution is 2.69. The molecule has 2 aromatic carbocycles. The Bertz CT molecular complexity index is 1380. The fraction of sp³-hybridized carbons (Fsp3) is 0.346. The van der Waals surface area contributed by atoms with E-state index in [1.807, 2.05) is 48.5 Å². The largest absolute Gasteiger partial charge is 0.496 e. The summed E-state index contributed by atoms with van der Waals surface area (Å²) in [5.41, 5.74) is 1.71. The van der Waals surface area contributed by atoms with Gasteiger partial charge in [0.1, 0.15) is 5.75 Å². The van der Waals surface area contributed by atoms with E-state index in [1.165, 1.54) is 16.2 Å². The maximum Gasteiger partial charge on any atom is 0.305 e. The van der Waals surface area contributed by atoms with Gasteiger partial charge in [-0.15, -0.1) is 11.8 Å². The molecule has 34 heavy (non-hydrogen) atoms. The highest BCUT2D eigenvalue weighted by atomic mass is 32.2. The second kappa shape index (κ2) is 7.33. The molecule has 3 heterocycles. The molecule has 4 aliphatic rings. The van der Waals surface area contributed by atoms with Crippen molar-refractivity contribution in [2.24, 2.45) is 29.6 Å². The molecular formula is C26H22N2O4S2. The van der Waals surface area contributed by atoms with Gasteiger partial charge in [0.15, 0.2) is 0 Å². The Morgan fingerprint density at radius 1 is 0.941 bits per heavy atom. The number of carbonyl (C=O) groups excluding carboxylic acids is 2. The predicted octanol–water partition coefficient (Wildman–Crippen LogP) is 4.12. The second-order valence-corrected chi connectivity index (χ2v) is 11.8. The average Bonchev–Trinajstić information content (AvgIpc) is 3.58. The van der Waals surface area contributed by atoms with Gasteiger partial charge in [-0.3, -0.25) is 19.3 Å². The smallest absolute Gasteiger partial charge is 0.305 e. The summed E-state index contributed by atoms with van der Waals surface area (Å²) in [6, 6.07) is 17.3. The fourth-order valence-corrected chi connectivity index (χ4v) is 10.00. The van der Waals surface area contributed by atoms with Crippen molar-refractivity contribution in [2.45, 2.75) is 22.6 Å². The number of benzene rings is 2. The van der Waals surface area contributed by atoms with Gasteiger partial charge in [0.25, 0.3) is 0 Å². The van der Waals surface area contributed by atoms with Crippen LogP contribution >= 0.6 is 23.1 Å². The third-order valence-electron chi connectivity index (χ3n) is 8.21. The van der Waals surface area contributed by atoms with Gasteiger partial charge in [-0.2, -0.15) is 0 Å². The lowest BCUT2D eigenvalue weighted by Crippen LogP contribution is -2.42. The van der Waals surface area contributed by atoms with Gasteiger partial charge < -0.3 is 9.72 Å². The number of hydrogen-bond donors (Lipinski definition) is 1. The molecule has 0 spiro atoms. The summed E-state index contributed by atoms with van der Waals surface area (Å²) in [7, 11) is 1.67. The summed E-state index contributed by atoms with van der Waals surface area (Å²) < 4.78 is 5.73. The molecule has 7 rings (SSSR count). The lowest BCUT2D eigenvalue weighted by molar-refractivity contribution is -0.123. The molecule has 2 bridgehead atoms. The van der Waals surface area contributed by atoms with Crippen LogP contribution in [0.5, 0.6) is 5.75 Å². The Labute approximate surface area is 204 Å². The first-order valence-electron chi connectivity index (χ1n) is 11.5. The zero-order valence-corrected chi connectivity index (χ0v) is 20.0. The maximum absolute atomic E-state index is 13.7.